The minimum atomic E-state index is -0.273. The van der Waals surface area contributed by atoms with E-state index in [0.717, 1.165) is 5.92 Å². The Morgan fingerprint density at radius 1 is 1.20 bits per heavy atom. The summed E-state index contributed by atoms with van der Waals surface area (Å²) < 4.78 is 16.6. The number of rotatable bonds is 7. The van der Waals surface area contributed by atoms with Gasteiger partial charge in [0.15, 0.2) is 6.29 Å². The minimum Gasteiger partial charge on any atom is -0.374 e. The van der Waals surface area contributed by atoms with Crippen molar-refractivity contribution in [2.75, 3.05) is 20.8 Å². The Bertz CT molecular complexity index is 295. The highest BCUT2D eigenvalue weighted by atomic mass is 16.7. The lowest BCUT2D eigenvalue weighted by molar-refractivity contribution is -0.0685. The number of ether oxygens (including phenoxy) is 3. The zero-order valence-corrected chi connectivity index (χ0v) is 14.0. The number of hydrogen-bond donors (Lipinski definition) is 0. The molecule has 1 rings (SSSR count). The predicted octanol–water partition coefficient (Wildman–Crippen LogP) is 4.03. The summed E-state index contributed by atoms with van der Waals surface area (Å²) in [6.07, 6.45) is 5.93. The van der Waals surface area contributed by atoms with Crippen LogP contribution >= 0.6 is 0 Å². The molecule has 0 bridgehead atoms. The number of methoxy groups -OCH3 is 2. The van der Waals surface area contributed by atoms with Crippen LogP contribution in [-0.2, 0) is 14.2 Å². The molecule has 0 aliphatic heterocycles. The van der Waals surface area contributed by atoms with Crippen molar-refractivity contribution < 1.29 is 14.2 Å². The normalized spacial score (nSPS) is 28.4. The van der Waals surface area contributed by atoms with Gasteiger partial charge in [0, 0.05) is 14.2 Å². The summed E-state index contributed by atoms with van der Waals surface area (Å²) in [5.74, 6) is 2.17. The molecule has 0 aromatic heterocycles. The lowest BCUT2D eigenvalue weighted by Gasteiger charge is -2.37. The van der Waals surface area contributed by atoms with Gasteiger partial charge in [-0.1, -0.05) is 27.2 Å². The highest BCUT2D eigenvalue weighted by Crippen LogP contribution is 2.35. The van der Waals surface area contributed by atoms with Crippen molar-refractivity contribution in [3.8, 4) is 0 Å². The van der Waals surface area contributed by atoms with Gasteiger partial charge in [-0.3, -0.25) is 0 Å². The Kier molecular flexibility index (Phi) is 7.78. The van der Waals surface area contributed by atoms with Crippen molar-refractivity contribution in [3.63, 3.8) is 0 Å². The third-order valence-electron chi connectivity index (χ3n) is 4.37. The van der Waals surface area contributed by atoms with Crippen molar-refractivity contribution in [3.05, 3.63) is 11.6 Å². The molecular weight excluding hydrogens is 252 g/mol. The standard InChI is InChI=1S/C17H32O3/c1-12(2)15-8-7-13(3)9-16(15)20-11-14(4)10-17(18-5)19-6/h10,12-13,15-17H,7-9,11H2,1-6H3/b14-10-/t13-,15+,16-/m0/s1. The van der Waals surface area contributed by atoms with Crippen LogP contribution < -0.4 is 0 Å². The van der Waals surface area contributed by atoms with Gasteiger partial charge >= 0.3 is 0 Å². The Balaban J connectivity index is 2.52. The first-order valence-electron chi connectivity index (χ1n) is 7.82. The van der Waals surface area contributed by atoms with Crippen molar-refractivity contribution in [2.45, 2.75) is 59.4 Å². The Hall–Kier alpha value is -0.380. The molecule has 0 N–H and O–H groups in total. The SMILES string of the molecule is COC(/C=C(/C)CO[C@H]1C[C@@H](C)CC[C@@H]1C(C)C)OC. The summed E-state index contributed by atoms with van der Waals surface area (Å²) in [5, 5.41) is 0. The fraction of sp³-hybridized carbons (Fsp3) is 0.882. The maximum absolute atomic E-state index is 6.20. The van der Waals surface area contributed by atoms with Gasteiger partial charge < -0.3 is 14.2 Å². The van der Waals surface area contributed by atoms with Crippen LogP contribution in [0.5, 0.6) is 0 Å². The lowest BCUT2D eigenvalue weighted by Crippen LogP contribution is -2.34. The highest BCUT2D eigenvalue weighted by molar-refractivity contribution is 5.00. The van der Waals surface area contributed by atoms with Crippen LogP contribution in [-0.4, -0.2) is 33.2 Å². The smallest absolute Gasteiger partial charge is 0.176 e. The number of hydrogen-bond acceptors (Lipinski definition) is 3. The zero-order chi connectivity index (χ0) is 15.1. The molecule has 3 atom stereocenters. The summed E-state index contributed by atoms with van der Waals surface area (Å²) in [5.41, 5.74) is 1.17. The largest absolute Gasteiger partial charge is 0.374 e. The van der Waals surface area contributed by atoms with Crippen molar-refractivity contribution in [2.24, 2.45) is 17.8 Å². The van der Waals surface area contributed by atoms with Gasteiger partial charge in [-0.05, 0) is 49.2 Å². The summed E-state index contributed by atoms with van der Waals surface area (Å²) >= 11 is 0. The summed E-state index contributed by atoms with van der Waals surface area (Å²) in [7, 11) is 3.30. The molecule has 1 aliphatic carbocycles. The first kappa shape index (κ1) is 17.7. The van der Waals surface area contributed by atoms with Crippen LogP contribution in [0.3, 0.4) is 0 Å². The fourth-order valence-corrected chi connectivity index (χ4v) is 3.06. The van der Waals surface area contributed by atoms with Gasteiger partial charge in [0.05, 0.1) is 12.7 Å². The van der Waals surface area contributed by atoms with Gasteiger partial charge in [-0.15, -0.1) is 0 Å². The van der Waals surface area contributed by atoms with Gasteiger partial charge in [0.25, 0.3) is 0 Å². The molecule has 1 aliphatic rings. The van der Waals surface area contributed by atoms with Crippen LogP contribution in [0.15, 0.2) is 11.6 Å². The van der Waals surface area contributed by atoms with E-state index in [0.29, 0.717) is 24.5 Å². The monoisotopic (exact) mass is 284 g/mol. The van der Waals surface area contributed by atoms with Crippen LogP contribution in [0, 0.1) is 17.8 Å². The van der Waals surface area contributed by atoms with E-state index in [1.165, 1.54) is 24.8 Å². The van der Waals surface area contributed by atoms with Gasteiger partial charge in [-0.2, -0.15) is 0 Å². The quantitative estimate of drug-likeness (QED) is 0.522. The van der Waals surface area contributed by atoms with E-state index in [1.54, 1.807) is 14.2 Å². The third-order valence-corrected chi connectivity index (χ3v) is 4.37. The molecule has 0 spiro atoms. The molecule has 20 heavy (non-hydrogen) atoms. The average molecular weight is 284 g/mol. The molecule has 3 nitrogen and oxygen atoms in total. The molecule has 0 aromatic carbocycles. The third kappa shape index (κ3) is 5.55. The van der Waals surface area contributed by atoms with Crippen LogP contribution in [0.4, 0.5) is 0 Å². The average Bonchev–Trinajstić information content (AvgIpc) is 2.42. The molecule has 0 amide bonds. The van der Waals surface area contributed by atoms with E-state index in [-0.39, 0.29) is 6.29 Å². The van der Waals surface area contributed by atoms with Gasteiger partial charge in [0.2, 0.25) is 0 Å². The Labute approximate surface area is 124 Å². The van der Waals surface area contributed by atoms with E-state index in [1.807, 2.05) is 6.08 Å². The topological polar surface area (TPSA) is 27.7 Å². The Morgan fingerprint density at radius 3 is 2.40 bits per heavy atom. The molecule has 0 unspecified atom stereocenters. The van der Waals surface area contributed by atoms with E-state index >= 15 is 0 Å². The maximum Gasteiger partial charge on any atom is 0.176 e. The molecule has 0 heterocycles. The molecule has 0 saturated heterocycles. The molecule has 118 valence electrons. The van der Waals surface area contributed by atoms with Crippen LogP contribution in [0.2, 0.25) is 0 Å². The van der Waals surface area contributed by atoms with Gasteiger partial charge in [0.1, 0.15) is 0 Å². The van der Waals surface area contributed by atoms with Crippen LogP contribution in [0.1, 0.15) is 47.0 Å². The van der Waals surface area contributed by atoms with Gasteiger partial charge in [-0.25, -0.2) is 0 Å². The summed E-state index contributed by atoms with van der Waals surface area (Å²) in [6, 6.07) is 0. The maximum atomic E-state index is 6.20. The lowest BCUT2D eigenvalue weighted by atomic mass is 9.75. The van der Waals surface area contributed by atoms with Crippen molar-refractivity contribution in [1.82, 2.24) is 0 Å². The highest BCUT2D eigenvalue weighted by Gasteiger charge is 2.31. The minimum absolute atomic E-state index is 0.273. The first-order valence-corrected chi connectivity index (χ1v) is 7.82. The van der Waals surface area contributed by atoms with Crippen molar-refractivity contribution >= 4 is 0 Å². The Morgan fingerprint density at radius 2 is 1.85 bits per heavy atom. The molecule has 3 heteroatoms. The second kappa shape index (κ2) is 8.81. The molecule has 1 saturated carbocycles. The summed E-state index contributed by atoms with van der Waals surface area (Å²) in [6.45, 7) is 9.70. The van der Waals surface area contributed by atoms with E-state index in [9.17, 15) is 0 Å². The molecule has 0 radical (unpaired) electrons. The molecule has 1 fully saturated rings. The van der Waals surface area contributed by atoms with E-state index < -0.39 is 0 Å². The first-order chi connectivity index (χ1) is 9.47. The van der Waals surface area contributed by atoms with E-state index in [2.05, 4.69) is 27.7 Å². The fourth-order valence-electron chi connectivity index (χ4n) is 3.06. The summed E-state index contributed by atoms with van der Waals surface area (Å²) in [4.78, 5) is 0. The second-order valence-corrected chi connectivity index (χ2v) is 6.53. The van der Waals surface area contributed by atoms with Crippen molar-refractivity contribution in [1.29, 1.82) is 0 Å². The van der Waals surface area contributed by atoms with Crippen LogP contribution in [0.25, 0.3) is 0 Å². The van der Waals surface area contributed by atoms with E-state index in [4.69, 9.17) is 14.2 Å². The second-order valence-electron chi connectivity index (χ2n) is 6.53. The molecule has 0 aromatic rings. The zero-order valence-electron chi connectivity index (χ0n) is 14.0. The molecular formula is C17H32O3. The predicted molar refractivity (Wildman–Crippen MR) is 82.6 cm³/mol.